The number of aromatic nitrogens is 1. The van der Waals surface area contributed by atoms with Gasteiger partial charge < -0.3 is 19.9 Å². The van der Waals surface area contributed by atoms with E-state index in [4.69, 9.17) is 9.72 Å². The third-order valence-corrected chi connectivity index (χ3v) is 7.36. The number of nitrogens with one attached hydrogen (secondary N) is 1. The highest BCUT2D eigenvalue weighted by molar-refractivity contribution is 7.18. The van der Waals surface area contributed by atoms with Crippen molar-refractivity contribution in [2.24, 2.45) is 0 Å². The van der Waals surface area contributed by atoms with Crippen LogP contribution in [0.25, 0.3) is 10.2 Å². The van der Waals surface area contributed by atoms with Crippen LogP contribution in [-0.2, 0) is 9.59 Å². The molecule has 2 amide bonds. The number of hydrogen-bond donors (Lipinski definition) is 1. The number of para-hydroxylation sites is 3. The van der Waals surface area contributed by atoms with Crippen LogP contribution in [0.3, 0.4) is 0 Å². The molecule has 0 radical (unpaired) electrons. The van der Waals surface area contributed by atoms with Gasteiger partial charge in [0.1, 0.15) is 5.75 Å². The Bertz CT molecular complexity index is 1110. The van der Waals surface area contributed by atoms with Gasteiger partial charge in [-0.2, -0.15) is 0 Å². The van der Waals surface area contributed by atoms with Gasteiger partial charge in [-0.25, -0.2) is 4.98 Å². The van der Waals surface area contributed by atoms with E-state index in [-0.39, 0.29) is 24.3 Å². The van der Waals surface area contributed by atoms with Crippen LogP contribution in [-0.4, -0.2) is 61.0 Å². The highest BCUT2D eigenvalue weighted by atomic mass is 32.1. The van der Waals surface area contributed by atoms with Crippen molar-refractivity contribution >= 4 is 39.1 Å². The zero-order valence-electron chi connectivity index (χ0n) is 18.0. The van der Waals surface area contributed by atoms with E-state index in [1.165, 1.54) is 4.70 Å². The van der Waals surface area contributed by atoms with Crippen LogP contribution >= 0.6 is 11.3 Å². The van der Waals surface area contributed by atoms with Crippen LogP contribution < -0.4 is 15.0 Å². The van der Waals surface area contributed by atoms with Crippen LogP contribution in [0.5, 0.6) is 5.75 Å². The third kappa shape index (κ3) is 4.02. The second-order valence-corrected chi connectivity index (χ2v) is 9.33. The molecule has 1 aromatic heterocycles. The Kier molecular flexibility index (Phi) is 5.70. The van der Waals surface area contributed by atoms with Crippen molar-refractivity contribution in [2.75, 3.05) is 38.1 Å². The Morgan fingerprint density at radius 2 is 1.97 bits per heavy atom. The molecule has 5 rings (SSSR count). The minimum atomic E-state index is -0.639. The molecule has 0 unspecified atom stereocenters. The first-order valence-corrected chi connectivity index (χ1v) is 11.8. The fourth-order valence-electron chi connectivity index (χ4n) is 4.49. The van der Waals surface area contributed by atoms with E-state index in [2.05, 4.69) is 11.4 Å². The molecule has 0 spiro atoms. The van der Waals surface area contributed by atoms with Gasteiger partial charge in [-0.3, -0.25) is 9.59 Å². The zero-order chi connectivity index (χ0) is 22.1. The molecule has 3 heterocycles. The summed E-state index contributed by atoms with van der Waals surface area (Å²) in [4.78, 5) is 34.3. The number of likely N-dealkylation sites (tertiary alicyclic amines) is 1. The number of piperidine rings is 1. The minimum absolute atomic E-state index is 0.0724. The van der Waals surface area contributed by atoms with Crippen LogP contribution in [0.15, 0.2) is 48.5 Å². The molecule has 3 aromatic rings. The lowest BCUT2D eigenvalue weighted by Crippen LogP contribution is -2.52. The monoisotopic (exact) mass is 450 g/mol. The molecule has 2 aliphatic heterocycles. The molecule has 1 N–H and O–H groups in total. The summed E-state index contributed by atoms with van der Waals surface area (Å²) in [5.74, 6) is 0.779. The van der Waals surface area contributed by atoms with E-state index >= 15 is 0 Å². The highest BCUT2D eigenvalue weighted by Crippen LogP contribution is 2.35. The van der Waals surface area contributed by atoms with E-state index in [9.17, 15) is 9.59 Å². The largest absolute Gasteiger partial charge is 0.477 e. The van der Waals surface area contributed by atoms with Gasteiger partial charge in [0.25, 0.3) is 5.91 Å². The van der Waals surface area contributed by atoms with E-state index in [1.807, 2.05) is 52.3 Å². The molecule has 1 fully saturated rings. The van der Waals surface area contributed by atoms with Crippen LogP contribution in [0.4, 0.5) is 5.69 Å². The van der Waals surface area contributed by atoms with E-state index in [1.54, 1.807) is 18.4 Å². The summed E-state index contributed by atoms with van der Waals surface area (Å²) in [5.41, 5.74) is 1.88. The maximum Gasteiger partial charge on any atom is 0.262 e. The average Bonchev–Trinajstić information content (AvgIpc) is 3.28. The second-order valence-electron chi connectivity index (χ2n) is 8.27. The number of ether oxygens (including phenoxy) is 1. The molecule has 166 valence electrons. The first-order chi connectivity index (χ1) is 15.6. The number of carbonyl (C=O) groups excluding carboxylic acids is 2. The SMILES string of the molecule is CNC(=O)[C@H]1CN(CC(=O)N2CCC[C@@H](c3nc4ccccc4s3)C2)c2ccccc2O1. The summed E-state index contributed by atoms with van der Waals surface area (Å²) >= 11 is 1.73. The van der Waals surface area contributed by atoms with Gasteiger partial charge in [0.2, 0.25) is 5.91 Å². The van der Waals surface area contributed by atoms with Gasteiger partial charge in [-0.1, -0.05) is 24.3 Å². The standard InChI is InChI=1S/C24H26N4O3S/c1-25-23(30)20-14-28(18-9-3-4-10-19(18)31-20)15-22(29)27-12-6-7-16(13-27)24-26-17-8-2-5-11-21(17)32-24/h2-5,8-11,16,20H,6-7,12-15H2,1H3,(H,25,30)/t16-,20-/m1/s1. The Labute approximate surface area is 191 Å². The number of hydrogen-bond acceptors (Lipinski definition) is 6. The molecule has 32 heavy (non-hydrogen) atoms. The number of nitrogens with zero attached hydrogens (tertiary/aromatic N) is 3. The molecule has 1 saturated heterocycles. The molecule has 2 aromatic carbocycles. The molecular formula is C24H26N4O3S. The van der Waals surface area contributed by atoms with Gasteiger partial charge >= 0.3 is 0 Å². The zero-order valence-corrected chi connectivity index (χ0v) is 18.8. The molecule has 2 aliphatic rings. The first-order valence-electron chi connectivity index (χ1n) is 11.0. The number of amides is 2. The van der Waals surface area contributed by atoms with Gasteiger partial charge in [0.05, 0.1) is 34.0 Å². The molecule has 0 bridgehead atoms. The summed E-state index contributed by atoms with van der Waals surface area (Å²) in [7, 11) is 1.59. The third-order valence-electron chi connectivity index (χ3n) is 6.16. The van der Waals surface area contributed by atoms with Crippen LogP contribution in [0.1, 0.15) is 23.8 Å². The van der Waals surface area contributed by atoms with E-state index in [0.29, 0.717) is 18.8 Å². The summed E-state index contributed by atoms with van der Waals surface area (Å²) in [5, 5.41) is 3.76. The van der Waals surface area contributed by atoms with E-state index < -0.39 is 6.10 Å². The van der Waals surface area contributed by atoms with Crippen LogP contribution in [0.2, 0.25) is 0 Å². The summed E-state index contributed by atoms with van der Waals surface area (Å²) in [6, 6.07) is 15.7. The lowest BCUT2D eigenvalue weighted by atomic mass is 9.98. The van der Waals surface area contributed by atoms with Crippen molar-refractivity contribution in [3.8, 4) is 5.75 Å². The Morgan fingerprint density at radius 3 is 2.81 bits per heavy atom. The molecule has 7 nitrogen and oxygen atoms in total. The van der Waals surface area contributed by atoms with Crippen molar-refractivity contribution < 1.29 is 14.3 Å². The molecule has 2 atom stereocenters. The molecule has 0 saturated carbocycles. The Morgan fingerprint density at radius 1 is 1.16 bits per heavy atom. The van der Waals surface area contributed by atoms with E-state index in [0.717, 1.165) is 35.6 Å². The van der Waals surface area contributed by atoms with Gasteiger partial charge in [-0.15, -0.1) is 11.3 Å². The minimum Gasteiger partial charge on any atom is -0.477 e. The normalized spacial score (nSPS) is 20.5. The second kappa shape index (κ2) is 8.78. The van der Waals surface area contributed by atoms with Crippen LogP contribution in [0, 0.1) is 0 Å². The lowest BCUT2D eigenvalue weighted by Gasteiger charge is -2.37. The summed E-state index contributed by atoms with van der Waals surface area (Å²) in [6.45, 7) is 2.01. The number of carbonyl (C=O) groups is 2. The van der Waals surface area contributed by atoms with Gasteiger partial charge in [0, 0.05) is 26.1 Å². The highest BCUT2D eigenvalue weighted by Gasteiger charge is 2.33. The predicted molar refractivity (Wildman–Crippen MR) is 125 cm³/mol. The van der Waals surface area contributed by atoms with Gasteiger partial charge in [-0.05, 0) is 37.1 Å². The van der Waals surface area contributed by atoms with Gasteiger partial charge in [0.15, 0.2) is 6.10 Å². The number of rotatable bonds is 4. The van der Waals surface area contributed by atoms with Crippen molar-refractivity contribution in [3.63, 3.8) is 0 Å². The average molecular weight is 451 g/mol. The first kappa shape index (κ1) is 20.8. The molecule has 0 aliphatic carbocycles. The lowest BCUT2D eigenvalue weighted by molar-refractivity contribution is -0.132. The number of anilines is 1. The number of thiazole rings is 1. The van der Waals surface area contributed by atoms with Crippen molar-refractivity contribution in [3.05, 3.63) is 53.5 Å². The number of likely N-dealkylation sites (N-methyl/N-ethyl adjacent to an activating group) is 1. The quantitative estimate of drug-likeness (QED) is 0.661. The van der Waals surface area contributed by atoms with Crippen molar-refractivity contribution in [1.29, 1.82) is 0 Å². The van der Waals surface area contributed by atoms with Crippen molar-refractivity contribution in [1.82, 2.24) is 15.2 Å². The fraction of sp³-hybridized carbons (Fsp3) is 0.375. The van der Waals surface area contributed by atoms with Crippen molar-refractivity contribution in [2.45, 2.75) is 24.9 Å². The summed E-state index contributed by atoms with van der Waals surface area (Å²) < 4.78 is 7.05. The molecule has 8 heteroatoms. The maximum absolute atomic E-state index is 13.3. The maximum atomic E-state index is 13.3. The fourth-order valence-corrected chi connectivity index (χ4v) is 5.58. The topological polar surface area (TPSA) is 74.8 Å². The summed E-state index contributed by atoms with van der Waals surface area (Å²) in [6.07, 6.45) is 1.37. The number of fused-ring (bicyclic) bond motifs is 2. The Hall–Kier alpha value is -3.13. The molecular weight excluding hydrogens is 424 g/mol. The Balaban J connectivity index is 1.31. The predicted octanol–water partition coefficient (Wildman–Crippen LogP) is 3.02. The number of benzene rings is 2. The smallest absolute Gasteiger partial charge is 0.262 e.